The van der Waals surface area contributed by atoms with E-state index < -0.39 is 34.8 Å². The molecule has 0 spiro atoms. The van der Waals surface area contributed by atoms with Crippen LogP contribution in [0.4, 0.5) is 17.1 Å². The van der Waals surface area contributed by atoms with Crippen LogP contribution in [0.1, 0.15) is 11.6 Å². The number of fused-ring (bicyclic) bond motifs is 1. The molecule has 10 heteroatoms. The van der Waals surface area contributed by atoms with Crippen LogP contribution in [-0.4, -0.2) is 22.8 Å². The van der Waals surface area contributed by atoms with Crippen LogP contribution in [0, 0.1) is 16.0 Å². The van der Waals surface area contributed by atoms with Crippen molar-refractivity contribution in [2.75, 3.05) is 9.96 Å². The highest BCUT2D eigenvalue weighted by atomic mass is 35.5. The summed E-state index contributed by atoms with van der Waals surface area (Å²) in [4.78, 5) is 44.5. The van der Waals surface area contributed by atoms with Crippen LogP contribution < -0.4 is 9.96 Å². The second-order valence-corrected chi connectivity index (χ2v) is 8.46. The number of anilines is 2. The summed E-state index contributed by atoms with van der Waals surface area (Å²) in [6.07, 6.45) is -1.12. The smallest absolute Gasteiger partial charge is 0.271 e. The summed E-state index contributed by atoms with van der Waals surface area (Å²) in [5, 5.41) is 13.5. The number of nitro benzene ring substituents is 1. The third-order valence-corrected chi connectivity index (χ3v) is 6.27. The summed E-state index contributed by atoms with van der Waals surface area (Å²) in [5.74, 6) is -2.05. The van der Waals surface area contributed by atoms with Crippen molar-refractivity contribution in [3.8, 4) is 0 Å². The number of non-ortho nitro benzene ring substituents is 1. The Morgan fingerprint density at radius 2 is 1.61 bits per heavy atom. The van der Waals surface area contributed by atoms with E-state index in [1.807, 2.05) is 18.2 Å². The maximum absolute atomic E-state index is 13.6. The van der Waals surface area contributed by atoms with Crippen molar-refractivity contribution in [1.29, 1.82) is 0 Å². The molecule has 0 N–H and O–H groups in total. The minimum atomic E-state index is -1.12. The molecule has 0 bridgehead atoms. The summed E-state index contributed by atoms with van der Waals surface area (Å²) in [6.45, 7) is 0. The van der Waals surface area contributed by atoms with Crippen molar-refractivity contribution in [3.63, 3.8) is 0 Å². The normalized spacial score (nSPS) is 22.1. The Bertz CT molecular complexity index is 1290. The van der Waals surface area contributed by atoms with Crippen molar-refractivity contribution in [2.45, 2.75) is 12.1 Å². The molecule has 2 fully saturated rings. The predicted octanol–water partition coefficient (Wildman–Crippen LogP) is 4.95. The van der Waals surface area contributed by atoms with Crippen molar-refractivity contribution < 1.29 is 19.3 Å². The largest absolute Gasteiger partial charge is 0.273 e. The van der Waals surface area contributed by atoms with E-state index in [0.29, 0.717) is 21.3 Å². The summed E-state index contributed by atoms with van der Waals surface area (Å²) in [5.41, 5.74) is 1.10. The molecule has 0 unspecified atom stereocenters. The molecule has 0 radical (unpaired) electrons. The second-order valence-electron chi connectivity index (χ2n) is 7.61. The molecule has 8 nitrogen and oxygen atoms in total. The number of benzene rings is 3. The van der Waals surface area contributed by atoms with Crippen molar-refractivity contribution in [2.24, 2.45) is 5.92 Å². The van der Waals surface area contributed by atoms with E-state index in [1.54, 1.807) is 30.3 Å². The standard InChI is InChI=1S/C23H15Cl2N3O5/c24-13-9-10-17(18(25)11-13)20-19-21(33-27(20)14-5-2-1-3-6-14)23(30)26(22(19)29)15-7-4-8-16(12-15)28(31)32/h1-12,19-21H/t19-,20+,21+/m0/s1. The number of carbonyl (C=O) groups excluding carboxylic acids is 2. The van der Waals surface area contributed by atoms with Gasteiger partial charge in [0.1, 0.15) is 5.92 Å². The maximum Gasteiger partial charge on any atom is 0.271 e. The zero-order chi connectivity index (χ0) is 23.3. The molecule has 2 saturated heterocycles. The zero-order valence-electron chi connectivity index (χ0n) is 16.8. The number of nitro groups is 1. The number of nitrogens with zero attached hydrogens (tertiary/aromatic N) is 3. The molecule has 2 amide bonds. The van der Waals surface area contributed by atoms with Gasteiger partial charge < -0.3 is 0 Å². The molecular weight excluding hydrogens is 469 g/mol. The first-order chi connectivity index (χ1) is 15.9. The van der Waals surface area contributed by atoms with Crippen LogP contribution in [0.3, 0.4) is 0 Å². The van der Waals surface area contributed by atoms with E-state index in [0.717, 1.165) is 4.90 Å². The third kappa shape index (κ3) is 3.52. The lowest BCUT2D eigenvalue weighted by Crippen LogP contribution is -2.37. The van der Waals surface area contributed by atoms with E-state index in [9.17, 15) is 19.7 Å². The molecule has 5 rings (SSSR count). The maximum atomic E-state index is 13.6. The molecule has 2 aliphatic rings. The van der Waals surface area contributed by atoms with E-state index >= 15 is 0 Å². The topological polar surface area (TPSA) is 93.0 Å². The van der Waals surface area contributed by atoms with Gasteiger partial charge in [-0.25, -0.2) is 9.96 Å². The number of imide groups is 1. The first-order valence-corrected chi connectivity index (χ1v) is 10.7. The van der Waals surface area contributed by atoms with Gasteiger partial charge in [-0.15, -0.1) is 0 Å². The van der Waals surface area contributed by atoms with E-state index in [4.69, 9.17) is 28.0 Å². The lowest BCUT2D eigenvalue weighted by molar-refractivity contribution is -0.384. The molecule has 0 saturated carbocycles. The molecule has 2 aliphatic heterocycles. The fourth-order valence-corrected chi connectivity index (χ4v) is 4.79. The molecular formula is C23H15Cl2N3O5. The lowest BCUT2D eigenvalue weighted by Gasteiger charge is -2.29. The van der Waals surface area contributed by atoms with Crippen LogP contribution >= 0.6 is 23.2 Å². The fraction of sp³-hybridized carbons (Fsp3) is 0.130. The van der Waals surface area contributed by atoms with Gasteiger partial charge in [0, 0.05) is 22.2 Å². The highest BCUT2D eigenvalue weighted by molar-refractivity contribution is 6.35. The Morgan fingerprint density at radius 1 is 0.879 bits per heavy atom. The molecule has 0 aromatic heterocycles. The van der Waals surface area contributed by atoms with Gasteiger partial charge in [0.05, 0.1) is 22.3 Å². The Labute approximate surface area is 198 Å². The number of para-hydroxylation sites is 1. The minimum Gasteiger partial charge on any atom is -0.273 e. The molecule has 2 heterocycles. The van der Waals surface area contributed by atoms with Crippen LogP contribution in [0.15, 0.2) is 72.8 Å². The molecule has 3 aromatic rings. The molecule has 33 heavy (non-hydrogen) atoms. The van der Waals surface area contributed by atoms with E-state index in [-0.39, 0.29) is 11.4 Å². The lowest BCUT2D eigenvalue weighted by atomic mass is 9.90. The van der Waals surface area contributed by atoms with Crippen LogP contribution in [-0.2, 0) is 14.4 Å². The Hall–Kier alpha value is -3.46. The first-order valence-electron chi connectivity index (χ1n) is 9.95. The average molecular weight is 484 g/mol. The van der Waals surface area contributed by atoms with Gasteiger partial charge in [0.15, 0.2) is 6.10 Å². The summed E-state index contributed by atoms with van der Waals surface area (Å²) < 4.78 is 0. The van der Waals surface area contributed by atoms with Gasteiger partial charge in [-0.2, -0.15) is 0 Å². The number of hydroxylamine groups is 1. The van der Waals surface area contributed by atoms with Gasteiger partial charge in [-0.1, -0.05) is 53.5 Å². The second kappa shape index (κ2) is 8.15. The van der Waals surface area contributed by atoms with Gasteiger partial charge in [0.25, 0.3) is 11.6 Å². The summed E-state index contributed by atoms with van der Waals surface area (Å²) in [7, 11) is 0. The minimum absolute atomic E-state index is 0.115. The number of rotatable bonds is 4. The monoisotopic (exact) mass is 483 g/mol. The fourth-order valence-electron chi connectivity index (χ4n) is 4.27. The average Bonchev–Trinajstić information content (AvgIpc) is 3.30. The molecule has 3 atom stereocenters. The molecule has 0 aliphatic carbocycles. The first kappa shape index (κ1) is 21.4. The van der Waals surface area contributed by atoms with Crippen molar-refractivity contribution in [1.82, 2.24) is 0 Å². The van der Waals surface area contributed by atoms with Crippen LogP contribution in [0.5, 0.6) is 0 Å². The Morgan fingerprint density at radius 3 is 2.30 bits per heavy atom. The van der Waals surface area contributed by atoms with E-state index in [1.165, 1.54) is 29.3 Å². The summed E-state index contributed by atoms with van der Waals surface area (Å²) >= 11 is 12.6. The highest BCUT2D eigenvalue weighted by Gasteiger charge is 2.60. The van der Waals surface area contributed by atoms with Crippen LogP contribution in [0.25, 0.3) is 0 Å². The van der Waals surface area contributed by atoms with Gasteiger partial charge in [0.2, 0.25) is 5.91 Å². The number of hydrogen-bond donors (Lipinski definition) is 0. The quantitative estimate of drug-likeness (QED) is 0.296. The number of hydrogen-bond acceptors (Lipinski definition) is 6. The van der Waals surface area contributed by atoms with Crippen molar-refractivity contribution in [3.05, 3.63) is 98.5 Å². The van der Waals surface area contributed by atoms with Crippen LogP contribution in [0.2, 0.25) is 10.0 Å². The zero-order valence-corrected chi connectivity index (χ0v) is 18.3. The van der Waals surface area contributed by atoms with Gasteiger partial charge in [-0.3, -0.25) is 24.5 Å². The van der Waals surface area contributed by atoms with Crippen molar-refractivity contribution >= 4 is 52.1 Å². The highest BCUT2D eigenvalue weighted by Crippen LogP contribution is 2.49. The molecule has 166 valence electrons. The van der Waals surface area contributed by atoms with Gasteiger partial charge in [-0.05, 0) is 35.9 Å². The SMILES string of the molecule is O=C1[C@H]2[C@@H](c3ccc(Cl)cc3Cl)N(c3ccccc3)O[C@H]2C(=O)N1c1cccc([N+](=O)[O-])c1. The molecule has 3 aromatic carbocycles. The van der Waals surface area contributed by atoms with E-state index in [2.05, 4.69) is 0 Å². The van der Waals surface area contributed by atoms with Gasteiger partial charge >= 0.3 is 0 Å². The predicted molar refractivity (Wildman–Crippen MR) is 122 cm³/mol. The Balaban J connectivity index is 1.60. The third-order valence-electron chi connectivity index (χ3n) is 5.71. The Kier molecular flexibility index (Phi) is 5.28. The number of halogens is 2. The summed E-state index contributed by atoms with van der Waals surface area (Å²) in [6, 6.07) is 18.6. The number of amides is 2. The number of carbonyl (C=O) groups is 2.